The number of nitrogens with one attached hydrogen (secondary N) is 2. The van der Waals surface area contributed by atoms with Gasteiger partial charge in [-0.05, 0) is 44.0 Å². The highest BCUT2D eigenvalue weighted by Crippen LogP contribution is 2.33. The lowest BCUT2D eigenvalue weighted by Crippen LogP contribution is -2.39. The van der Waals surface area contributed by atoms with Crippen molar-refractivity contribution in [2.24, 2.45) is 0 Å². The summed E-state index contributed by atoms with van der Waals surface area (Å²) in [5.74, 6) is 1.73. The number of rotatable bonds is 14. The Balaban J connectivity index is 1.48. The Kier molecular flexibility index (Phi) is 11.3. The molecule has 0 fully saturated rings. The van der Waals surface area contributed by atoms with Gasteiger partial charge in [0.15, 0.2) is 11.5 Å². The summed E-state index contributed by atoms with van der Waals surface area (Å²) < 4.78 is 23.1. The van der Waals surface area contributed by atoms with Crippen molar-refractivity contribution >= 4 is 6.09 Å². The second kappa shape index (κ2) is 14.9. The molecule has 0 spiro atoms. The van der Waals surface area contributed by atoms with Crippen LogP contribution in [0.5, 0.6) is 17.2 Å². The smallest absolute Gasteiger partial charge is 0.407 e. The number of alkyl carbamates (subject to hydrolysis) is 1. The molecule has 0 saturated carbocycles. The molecule has 3 aromatic rings. The van der Waals surface area contributed by atoms with E-state index in [-0.39, 0.29) is 6.61 Å². The van der Waals surface area contributed by atoms with Crippen molar-refractivity contribution in [2.75, 3.05) is 26.2 Å². The van der Waals surface area contributed by atoms with Crippen LogP contribution in [-0.4, -0.2) is 49.1 Å². The van der Waals surface area contributed by atoms with E-state index in [1.165, 1.54) is 0 Å². The van der Waals surface area contributed by atoms with Gasteiger partial charge in [-0.25, -0.2) is 4.79 Å². The monoisotopic (exact) mass is 522 g/mol. The molecule has 0 radical (unpaired) electrons. The molecule has 0 saturated heterocycles. The van der Waals surface area contributed by atoms with Crippen LogP contribution in [0.2, 0.25) is 0 Å². The van der Waals surface area contributed by atoms with Crippen molar-refractivity contribution in [3.05, 3.63) is 90.0 Å². The Morgan fingerprint density at radius 1 is 0.816 bits per heavy atom. The van der Waals surface area contributed by atoms with Gasteiger partial charge in [0.1, 0.15) is 37.3 Å². The Bertz CT molecular complexity index is 1100. The maximum Gasteiger partial charge on any atom is 0.407 e. The van der Waals surface area contributed by atoms with Gasteiger partial charge in [0.25, 0.3) is 0 Å². The third-order valence-corrected chi connectivity index (χ3v) is 5.18. The Morgan fingerprint density at radius 3 is 2.03 bits per heavy atom. The summed E-state index contributed by atoms with van der Waals surface area (Å²) in [5, 5.41) is 16.1. The van der Waals surface area contributed by atoms with Gasteiger partial charge in [0.2, 0.25) is 0 Å². The molecule has 0 heterocycles. The topological polar surface area (TPSA) is 98.3 Å². The molecule has 0 aromatic heterocycles. The first-order valence-corrected chi connectivity index (χ1v) is 12.7. The van der Waals surface area contributed by atoms with E-state index in [1.54, 1.807) is 12.1 Å². The van der Waals surface area contributed by atoms with Gasteiger partial charge in [0, 0.05) is 25.7 Å². The van der Waals surface area contributed by atoms with Crippen LogP contribution in [0.4, 0.5) is 4.79 Å². The van der Waals surface area contributed by atoms with Crippen LogP contribution >= 0.6 is 0 Å². The first kappa shape index (κ1) is 28.8. The molecular weight excluding hydrogens is 484 g/mol. The van der Waals surface area contributed by atoms with Crippen molar-refractivity contribution < 1.29 is 28.8 Å². The minimum absolute atomic E-state index is 0.0921. The molecule has 3 rings (SSSR count). The Morgan fingerprint density at radius 2 is 1.42 bits per heavy atom. The van der Waals surface area contributed by atoms with E-state index < -0.39 is 17.8 Å². The summed E-state index contributed by atoms with van der Waals surface area (Å²) in [6.45, 7) is 7.50. The highest BCUT2D eigenvalue weighted by Gasteiger charge is 2.15. The summed E-state index contributed by atoms with van der Waals surface area (Å²) >= 11 is 0. The van der Waals surface area contributed by atoms with Crippen molar-refractivity contribution in [1.82, 2.24) is 10.6 Å². The Hall–Kier alpha value is -3.75. The summed E-state index contributed by atoms with van der Waals surface area (Å²) in [5.41, 5.74) is 1.55. The van der Waals surface area contributed by atoms with Crippen molar-refractivity contribution in [3.8, 4) is 17.2 Å². The zero-order valence-electron chi connectivity index (χ0n) is 22.3. The van der Waals surface area contributed by atoms with Gasteiger partial charge in [-0.3, -0.25) is 0 Å². The van der Waals surface area contributed by atoms with Crippen LogP contribution in [0, 0.1) is 0 Å². The number of carbonyl (C=O) groups excluding carboxylic acids is 1. The number of benzene rings is 3. The highest BCUT2D eigenvalue weighted by atomic mass is 16.6. The summed E-state index contributed by atoms with van der Waals surface area (Å²) in [6, 6.07) is 25.2. The quantitative estimate of drug-likeness (QED) is 0.264. The molecule has 1 unspecified atom stereocenters. The molecule has 0 aliphatic heterocycles. The fraction of sp³-hybridized carbons (Fsp3) is 0.367. The molecule has 204 valence electrons. The first-order valence-electron chi connectivity index (χ1n) is 12.7. The van der Waals surface area contributed by atoms with Gasteiger partial charge in [-0.1, -0.05) is 60.7 Å². The third kappa shape index (κ3) is 11.1. The molecule has 0 bridgehead atoms. The molecule has 1 amide bonds. The van der Waals surface area contributed by atoms with Gasteiger partial charge in [-0.2, -0.15) is 0 Å². The Labute approximate surface area is 224 Å². The summed E-state index contributed by atoms with van der Waals surface area (Å²) in [6.07, 6.45) is -1.20. The predicted molar refractivity (Wildman–Crippen MR) is 147 cm³/mol. The average Bonchev–Trinajstić information content (AvgIpc) is 2.90. The van der Waals surface area contributed by atoms with E-state index >= 15 is 0 Å². The first-order chi connectivity index (χ1) is 18.3. The maximum absolute atomic E-state index is 11.7. The van der Waals surface area contributed by atoms with E-state index in [0.29, 0.717) is 50.1 Å². The lowest BCUT2D eigenvalue weighted by atomic mass is 10.2. The standard InChI is InChI=1S/C30H38N2O6/c1-30(2,3)38-29(34)32-17-16-31-19-25(33)22-35-26-14-15-27(36-20-23-10-6-4-7-11-23)28(18-26)37-21-24-12-8-5-9-13-24/h4-15,18,25,31,33H,16-17,19-22H2,1-3H3,(H,32,34). The van der Waals surface area contributed by atoms with Crippen LogP contribution in [0.3, 0.4) is 0 Å². The molecule has 1 atom stereocenters. The van der Waals surface area contributed by atoms with E-state index in [1.807, 2.05) is 87.5 Å². The molecule has 8 nitrogen and oxygen atoms in total. The number of carbonyl (C=O) groups is 1. The number of hydrogen-bond donors (Lipinski definition) is 3. The van der Waals surface area contributed by atoms with E-state index in [0.717, 1.165) is 11.1 Å². The fourth-order valence-corrected chi connectivity index (χ4v) is 3.37. The third-order valence-electron chi connectivity index (χ3n) is 5.18. The zero-order chi connectivity index (χ0) is 27.2. The van der Waals surface area contributed by atoms with Crippen LogP contribution in [0.15, 0.2) is 78.9 Å². The van der Waals surface area contributed by atoms with Gasteiger partial charge < -0.3 is 34.7 Å². The number of hydrogen-bond acceptors (Lipinski definition) is 7. The number of ether oxygens (including phenoxy) is 4. The molecular formula is C30H38N2O6. The molecule has 38 heavy (non-hydrogen) atoms. The van der Waals surface area contributed by atoms with Crippen molar-refractivity contribution in [2.45, 2.75) is 45.7 Å². The second-order valence-corrected chi connectivity index (χ2v) is 9.75. The van der Waals surface area contributed by atoms with Gasteiger partial charge >= 0.3 is 6.09 Å². The lowest BCUT2D eigenvalue weighted by Gasteiger charge is -2.20. The van der Waals surface area contributed by atoms with Gasteiger partial charge in [-0.15, -0.1) is 0 Å². The van der Waals surface area contributed by atoms with Crippen molar-refractivity contribution in [3.63, 3.8) is 0 Å². The zero-order valence-corrected chi connectivity index (χ0v) is 22.3. The molecule has 3 N–H and O–H groups in total. The minimum Gasteiger partial charge on any atom is -0.491 e. The second-order valence-electron chi connectivity index (χ2n) is 9.75. The molecule has 3 aromatic carbocycles. The normalized spacial score (nSPS) is 11.9. The number of amides is 1. The van der Waals surface area contributed by atoms with Crippen LogP contribution in [0.25, 0.3) is 0 Å². The molecule has 0 aliphatic rings. The minimum atomic E-state index is -0.737. The SMILES string of the molecule is CC(C)(C)OC(=O)NCCNCC(O)COc1ccc(OCc2ccccc2)c(OCc2ccccc2)c1. The molecule has 8 heteroatoms. The van der Waals surface area contributed by atoms with Crippen LogP contribution < -0.4 is 24.8 Å². The van der Waals surface area contributed by atoms with E-state index in [9.17, 15) is 9.90 Å². The average molecular weight is 523 g/mol. The highest BCUT2D eigenvalue weighted by molar-refractivity contribution is 5.67. The summed E-state index contributed by atoms with van der Waals surface area (Å²) in [7, 11) is 0. The van der Waals surface area contributed by atoms with E-state index in [2.05, 4.69) is 10.6 Å². The van der Waals surface area contributed by atoms with Crippen LogP contribution in [0.1, 0.15) is 31.9 Å². The van der Waals surface area contributed by atoms with Gasteiger partial charge in [0.05, 0.1) is 0 Å². The summed E-state index contributed by atoms with van der Waals surface area (Å²) in [4.78, 5) is 11.7. The number of aliphatic hydroxyl groups is 1. The molecule has 0 aliphatic carbocycles. The lowest BCUT2D eigenvalue weighted by molar-refractivity contribution is 0.0527. The maximum atomic E-state index is 11.7. The van der Waals surface area contributed by atoms with E-state index in [4.69, 9.17) is 18.9 Å². The predicted octanol–water partition coefficient (Wildman–Crippen LogP) is 4.70. The van der Waals surface area contributed by atoms with Crippen molar-refractivity contribution in [1.29, 1.82) is 0 Å². The number of aliphatic hydroxyl groups excluding tert-OH is 1. The fourth-order valence-electron chi connectivity index (χ4n) is 3.37. The van der Waals surface area contributed by atoms with Crippen LogP contribution in [-0.2, 0) is 18.0 Å². The largest absolute Gasteiger partial charge is 0.491 e.